The summed E-state index contributed by atoms with van der Waals surface area (Å²) in [6, 6.07) is 0. The highest BCUT2D eigenvalue weighted by molar-refractivity contribution is 5.17. The summed E-state index contributed by atoms with van der Waals surface area (Å²) in [7, 11) is 1.52. The van der Waals surface area contributed by atoms with Crippen molar-refractivity contribution in [2.45, 2.75) is 46.0 Å². The van der Waals surface area contributed by atoms with E-state index in [0.717, 1.165) is 47.9 Å². The van der Waals surface area contributed by atoms with Crippen molar-refractivity contribution < 1.29 is 0 Å². The second kappa shape index (κ2) is 5.68. The second-order valence-corrected chi connectivity index (χ2v) is 4.10. The Kier molecular flexibility index (Phi) is 4.52. The van der Waals surface area contributed by atoms with E-state index in [9.17, 15) is 9.59 Å². The molecule has 0 spiro atoms. The minimum Gasteiger partial charge on any atom is -0.311 e. The fraction of sp³-hybridized carbons (Fsp3) is 0.667. The fourth-order valence-electron chi connectivity index (χ4n) is 1.79. The van der Waals surface area contributed by atoms with Crippen molar-refractivity contribution in [1.82, 2.24) is 9.55 Å². The Balaban J connectivity index is 3.24. The van der Waals surface area contributed by atoms with Crippen LogP contribution in [0, 0.1) is 0 Å². The molecular formula is C12H20N2O2. The summed E-state index contributed by atoms with van der Waals surface area (Å²) in [6.07, 6.45) is 4.49. The van der Waals surface area contributed by atoms with Gasteiger partial charge in [0.15, 0.2) is 0 Å². The van der Waals surface area contributed by atoms with Gasteiger partial charge in [-0.1, -0.05) is 26.7 Å². The minimum atomic E-state index is -0.311. The van der Waals surface area contributed by atoms with Gasteiger partial charge in [0.05, 0.1) is 0 Å². The van der Waals surface area contributed by atoms with Crippen molar-refractivity contribution in [3.63, 3.8) is 0 Å². The van der Waals surface area contributed by atoms with Crippen LogP contribution in [-0.4, -0.2) is 9.55 Å². The first-order valence-corrected chi connectivity index (χ1v) is 5.92. The van der Waals surface area contributed by atoms with Crippen molar-refractivity contribution >= 4 is 0 Å². The quantitative estimate of drug-likeness (QED) is 0.821. The smallest absolute Gasteiger partial charge is 0.311 e. The van der Waals surface area contributed by atoms with Crippen molar-refractivity contribution in [2.24, 2.45) is 7.05 Å². The number of nitrogens with zero attached hydrogens (tertiary/aromatic N) is 1. The molecule has 16 heavy (non-hydrogen) atoms. The topological polar surface area (TPSA) is 54.9 Å². The van der Waals surface area contributed by atoms with E-state index >= 15 is 0 Å². The molecule has 0 amide bonds. The largest absolute Gasteiger partial charge is 0.328 e. The molecule has 0 atom stereocenters. The predicted molar refractivity (Wildman–Crippen MR) is 64.9 cm³/mol. The van der Waals surface area contributed by atoms with Crippen molar-refractivity contribution in [3.8, 4) is 0 Å². The zero-order chi connectivity index (χ0) is 12.1. The Morgan fingerprint density at radius 2 is 1.81 bits per heavy atom. The second-order valence-electron chi connectivity index (χ2n) is 4.10. The van der Waals surface area contributed by atoms with E-state index in [2.05, 4.69) is 11.9 Å². The molecule has 0 saturated carbocycles. The van der Waals surface area contributed by atoms with Gasteiger partial charge in [-0.15, -0.1) is 0 Å². The SMILES string of the molecule is CCCCc1c(CCC)[nH]c(=O)n(C)c1=O. The summed E-state index contributed by atoms with van der Waals surface area (Å²) < 4.78 is 1.16. The van der Waals surface area contributed by atoms with Crippen LogP contribution in [0.4, 0.5) is 0 Å². The van der Waals surface area contributed by atoms with Gasteiger partial charge in [0, 0.05) is 18.3 Å². The first kappa shape index (κ1) is 12.7. The summed E-state index contributed by atoms with van der Waals surface area (Å²) in [5.74, 6) is 0. The third-order valence-corrected chi connectivity index (χ3v) is 2.77. The zero-order valence-corrected chi connectivity index (χ0v) is 10.3. The molecule has 0 aliphatic heterocycles. The molecule has 4 heteroatoms. The molecule has 0 unspecified atom stereocenters. The molecule has 1 aromatic rings. The Morgan fingerprint density at radius 1 is 1.12 bits per heavy atom. The van der Waals surface area contributed by atoms with Gasteiger partial charge >= 0.3 is 5.69 Å². The van der Waals surface area contributed by atoms with Gasteiger partial charge in [-0.25, -0.2) is 4.79 Å². The van der Waals surface area contributed by atoms with E-state index in [4.69, 9.17) is 0 Å². The maximum Gasteiger partial charge on any atom is 0.328 e. The number of rotatable bonds is 5. The van der Waals surface area contributed by atoms with Gasteiger partial charge in [0.1, 0.15) is 0 Å². The van der Waals surface area contributed by atoms with E-state index in [-0.39, 0.29) is 11.2 Å². The number of nitrogens with one attached hydrogen (secondary N) is 1. The van der Waals surface area contributed by atoms with Crippen LogP contribution in [0.2, 0.25) is 0 Å². The zero-order valence-electron chi connectivity index (χ0n) is 10.3. The van der Waals surface area contributed by atoms with E-state index in [1.54, 1.807) is 0 Å². The van der Waals surface area contributed by atoms with Crippen molar-refractivity contribution in [2.75, 3.05) is 0 Å². The molecule has 1 aromatic heterocycles. The van der Waals surface area contributed by atoms with E-state index in [1.807, 2.05) is 6.92 Å². The highest BCUT2D eigenvalue weighted by Gasteiger charge is 2.10. The number of hydrogen-bond acceptors (Lipinski definition) is 2. The molecule has 0 fully saturated rings. The molecule has 0 radical (unpaired) electrons. The normalized spacial score (nSPS) is 10.7. The summed E-state index contributed by atoms with van der Waals surface area (Å²) in [5, 5.41) is 0. The molecule has 1 rings (SSSR count). The van der Waals surface area contributed by atoms with E-state index in [1.165, 1.54) is 7.05 Å². The standard InChI is InChI=1S/C12H20N2O2/c1-4-6-8-9-10(7-5-2)13-12(16)14(3)11(9)15/h4-8H2,1-3H3,(H,13,16). The predicted octanol–water partition coefficient (Wildman–Crippen LogP) is 1.37. The molecule has 1 heterocycles. The van der Waals surface area contributed by atoms with Crippen LogP contribution in [0.5, 0.6) is 0 Å². The first-order valence-electron chi connectivity index (χ1n) is 5.92. The third kappa shape index (κ3) is 2.62. The lowest BCUT2D eigenvalue weighted by Gasteiger charge is -2.08. The van der Waals surface area contributed by atoms with Gasteiger partial charge in [-0.3, -0.25) is 9.36 Å². The van der Waals surface area contributed by atoms with E-state index < -0.39 is 0 Å². The summed E-state index contributed by atoms with van der Waals surface area (Å²) in [6.45, 7) is 4.13. The number of H-pyrrole nitrogens is 1. The van der Waals surface area contributed by atoms with Crippen LogP contribution in [0.3, 0.4) is 0 Å². The molecule has 90 valence electrons. The van der Waals surface area contributed by atoms with Crippen molar-refractivity contribution in [1.29, 1.82) is 0 Å². The third-order valence-electron chi connectivity index (χ3n) is 2.77. The summed E-state index contributed by atoms with van der Waals surface area (Å²) >= 11 is 0. The number of hydrogen-bond donors (Lipinski definition) is 1. The molecule has 0 saturated heterocycles. The molecule has 1 N–H and O–H groups in total. The monoisotopic (exact) mass is 224 g/mol. The number of aromatic nitrogens is 2. The van der Waals surface area contributed by atoms with Gasteiger partial charge in [0.25, 0.3) is 5.56 Å². The highest BCUT2D eigenvalue weighted by atomic mass is 16.2. The Morgan fingerprint density at radius 3 is 2.38 bits per heavy atom. The number of aromatic amines is 1. The molecule has 0 bridgehead atoms. The highest BCUT2D eigenvalue weighted by Crippen LogP contribution is 2.06. The number of aryl methyl sites for hydroxylation is 1. The molecule has 0 aliphatic rings. The van der Waals surface area contributed by atoms with Crippen molar-refractivity contribution in [3.05, 3.63) is 32.1 Å². The maximum atomic E-state index is 11.9. The van der Waals surface area contributed by atoms with Crippen LogP contribution >= 0.6 is 0 Å². The van der Waals surface area contributed by atoms with Crippen LogP contribution in [0.25, 0.3) is 0 Å². The summed E-state index contributed by atoms with van der Waals surface area (Å²) in [5.41, 5.74) is 1.16. The number of unbranched alkanes of at least 4 members (excludes halogenated alkanes) is 1. The molecule has 0 aliphatic carbocycles. The van der Waals surface area contributed by atoms with Gasteiger partial charge in [-0.05, 0) is 19.3 Å². The maximum absolute atomic E-state index is 11.9. The lowest BCUT2D eigenvalue weighted by atomic mass is 10.1. The van der Waals surface area contributed by atoms with Gasteiger partial charge in [0.2, 0.25) is 0 Å². The first-order chi connectivity index (χ1) is 7.61. The molecule has 0 aromatic carbocycles. The Hall–Kier alpha value is -1.32. The molecular weight excluding hydrogens is 204 g/mol. The van der Waals surface area contributed by atoms with Gasteiger partial charge in [-0.2, -0.15) is 0 Å². The van der Waals surface area contributed by atoms with Crippen LogP contribution in [0.15, 0.2) is 9.59 Å². The molecule has 4 nitrogen and oxygen atoms in total. The summed E-state index contributed by atoms with van der Waals surface area (Å²) in [4.78, 5) is 26.2. The van der Waals surface area contributed by atoms with Gasteiger partial charge < -0.3 is 4.98 Å². The van der Waals surface area contributed by atoms with Crippen LogP contribution in [0.1, 0.15) is 44.4 Å². The van der Waals surface area contributed by atoms with E-state index in [0.29, 0.717) is 0 Å². The Labute approximate surface area is 95.3 Å². The average Bonchev–Trinajstić information content (AvgIpc) is 2.26. The lowest BCUT2D eigenvalue weighted by molar-refractivity contribution is 0.691. The Bertz CT molecular complexity index is 457. The van der Waals surface area contributed by atoms with Crippen LogP contribution in [-0.2, 0) is 19.9 Å². The fourth-order valence-corrected chi connectivity index (χ4v) is 1.79. The lowest BCUT2D eigenvalue weighted by Crippen LogP contribution is -2.36. The average molecular weight is 224 g/mol. The minimum absolute atomic E-state index is 0.138. The van der Waals surface area contributed by atoms with Crippen LogP contribution < -0.4 is 11.2 Å².